The summed E-state index contributed by atoms with van der Waals surface area (Å²) in [7, 11) is 1.63. The molecule has 0 rings (SSSR count). The smallest absolute Gasteiger partial charge is 0.309 e. The van der Waals surface area contributed by atoms with Gasteiger partial charge in [0.25, 0.3) is 0 Å². The molecule has 0 spiro atoms. The van der Waals surface area contributed by atoms with E-state index in [1.54, 1.807) is 21.0 Å². The molecular weight excluding hydrogens is 156 g/mol. The molecule has 0 aliphatic rings. The fraction of sp³-hybridized carbons (Fsp3) is 0.889. The molecule has 0 aromatic carbocycles. The monoisotopic (exact) mass is 174 g/mol. The van der Waals surface area contributed by atoms with E-state index in [1.165, 1.54) is 0 Å². The van der Waals surface area contributed by atoms with Gasteiger partial charge in [-0.2, -0.15) is 0 Å². The van der Waals surface area contributed by atoms with Crippen LogP contribution in [0.1, 0.15) is 27.2 Å². The molecule has 0 aromatic rings. The lowest BCUT2D eigenvalue weighted by atomic mass is 9.78. The Morgan fingerprint density at radius 1 is 1.58 bits per heavy atom. The first-order chi connectivity index (χ1) is 5.42. The number of hydrogen-bond donors (Lipinski definition) is 1. The fourth-order valence-electron chi connectivity index (χ4n) is 0.866. The van der Waals surface area contributed by atoms with Crippen molar-refractivity contribution < 1.29 is 14.6 Å². The average Bonchev–Trinajstić information content (AvgIpc) is 1.99. The highest BCUT2D eigenvalue weighted by molar-refractivity contribution is 5.73. The largest absolute Gasteiger partial charge is 0.481 e. The minimum Gasteiger partial charge on any atom is -0.481 e. The summed E-state index contributed by atoms with van der Waals surface area (Å²) in [6.07, 6.45) is 0.788. The summed E-state index contributed by atoms with van der Waals surface area (Å²) in [5.41, 5.74) is -0.654. The van der Waals surface area contributed by atoms with E-state index in [2.05, 4.69) is 0 Å². The quantitative estimate of drug-likeness (QED) is 0.691. The lowest BCUT2D eigenvalue weighted by molar-refractivity contribution is -0.150. The summed E-state index contributed by atoms with van der Waals surface area (Å²) >= 11 is 0. The molecule has 0 saturated heterocycles. The summed E-state index contributed by atoms with van der Waals surface area (Å²) in [5.74, 6) is -0.610. The Balaban J connectivity index is 4.06. The molecule has 12 heavy (non-hydrogen) atoms. The van der Waals surface area contributed by atoms with Crippen LogP contribution in [0.2, 0.25) is 0 Å². The van der Waals surface area contributed by atoms with Crippen molar-refractivity contribution in [2.75, 3.05) is 13.7 Å². The van der Waals surface area contributed by atoms with Gasteiger partial charge in [0, 0.05) is 13.7 Å². The first kappa shape index (κ1) is 11.4. The van der Waals surface area contributed by atoms with Gasteiger partial charge in [0.2, 0.25) is 0 Å². The van der Waals surface area contributed by atoms with Crippen LogP contribution in [0.4, 0.5) is 0 Å². The van der Waals surface area contributed by atoms with Crippen molar-refractivity contribution in [3.8, 4) is 0 Å². The molecule has 1 N–H and O–H groups in total. The van der Waals surface area contributed by atoms with Crippen LogP contribution in [-0.2, 0) is 9.53 Å². The number of methoxy groups -OCH3 is 1. The highest BCUT2D eigenvalue weighted by Crippen LogP contribution is 2.29. The van der Waals surface area contributed by atoms with Crippen LogP contribution >= 0.6 is 0 Å². The van der Waals surface area contributed by atoms with E-state index in [9.17, 15) is 4.79 Å². The van der Waals surface area contributed by atoms with Crippen LogP contribution in [0.15, 0.2) is 0 Å². The molecule has 0 heterocycles. The van der Waals surface area contributed by atoms with Crippen molar-refractivity contribution >= 4 is 5.97 Å². The maximum absolute atomic E-state index is 10.8. The van der Waals surface area contributed by atoms with Gasteiger partial charge in [0.1, 0.15) is 0 Å². The molecule has 3 heteroatoms. The number of aliphatic carboxylic acids is 1. The molecule has 0 bridgehead atoms. The van der Waals surface area contributed by atoms with Crippen molar-refractivity contribution in [2.45, 2.75) is 27.2 Å². The van der Waals surface area contributed by atoms with Gasteiger partial charge in [-0.1, -0.05) is 6.92 Å². The van der Waals surface area contributed by atoms with E-state index in [1.807, 2.05) is 6.92 Å². The van der Waals surface area contributed by atoms with Gasteiger partial charge in [-0.05, 0) is 26.2 Å². The number of carboxylic acid groups (broad SMARTS) is 1. The zero-order chi connectivity index (χ0) is 9.78. The van der Waals surface area contributed by atoms with Gasteiger partial charge in [-0.15, -0.1) is 0 Å². The lowest BCUT2D eigenvalue weighted by Crippen LogP contribution is -2.31. The Kier molecular flexibility index (Phi) is 4.24. The molecular formula is C9H18O3. The van der Waals surface area contributed by atoms with Gasteiger partial charge in [0.05, 0.1) is 5.41 Å². The van der Waals surface area contributed by atoms with Crippen molar-refractivity contribution in [1.29, 1.82) is 0 Å². The summed E-state index contributed by atoms with van der Waals surface area (Å²) in [4.78, 5) is 10.8. The zero-order valence-electron chi connectivity index (χ0n) is 8.26. The third-order valence-corrected chi connectivity index (χ3v) is 2.54. The fourth-order valence-corrected chi connectivity index (χ4v) is 0.866. The normalized spacial score (nSPS) is 14.3. The Hall–Kier alpha value is -0.570. The molecule has 0 radical (unpaired) electrons. The molecule has 0 saturated carbocycles. The zero-order valence-corrected chi connectivity index (χ0v) is 8.26. The third kappa shape index (κ3) is 2.81. The third-order valence-electron chi connectivity index (χ3n) is 2.54. The summed E-state index contributed by atoms with van der Waals surface area (Å²) in [5, 5.41) is 8.87. The average molecular weight is 174 g/mol. The highest BCUT2D eigenvalue weighted by Gasteiger charge is 2.33. The molecule has 0 aromatic heterocycles. The van der Waals surface area contributed by atoms with Gasteiger partial charge in [0.15, 0.2) is 0 Å². The molecule has 0 fully saturated rings. The molecule has 3 nitrogen and oxygen atoms in total. The first-order valence-electron chi connectivity index (χ1n) is 4.15. The van der Waals surface area contributed by atoms with Crippen molar-refractivity contribution in [2.24, 2.45) is 11.3 Å². The molecule has 1 unspecified atom stereocenters. The van der Waals surface area contributed by atoms with E-state index in [-0.39, 0.29) is 5.92 Å². The van der Waals surface area contributed by atoms with Crippen molar-refractivity contribution in [3.05, 3.63) is 0 Å². The summed E-state index contributed by atoms with van der Waals surface area (Å²) in [6, 6.07) is 0. The maximum Gasteiger partial charge on any atom is 0.309 e. The van der Waals surface area contributed by atoms with Gasteiger partial charge in [-0.3, -0.25) is 4.79 Å². The predicted octanol–water partition coefficient (Wildman–Crippen LogP) is 1.77. The number of rotatable bonds is 5. The van der Waals surface area contributed by atoms with Crippen molar-refractivity contribution in [1.82, 2.24) is 0 Å². The Labute approximate surface area is 73.7 Å². The minimum absolute atomic E-state index is 0.134. The number of hydrogen-bond acceptors (Lipinski definition) is 2. The summed E-state index contributed by atoms with van der Waals surface area (Å²) in [6.45, 7) is 6.05. The number of carbonyl (C=O) groups is 1. The second-order valence-corrected chi connectivity index (χ2v) is 3.71. The van der Waals surface area contributed by atoms with E-state index in [0.717, 1.165) is 6.42 Å². The number of carboxylic acids is 1. The molecule has 0 aliphatic heterocycles. The van der Waals surface area contributed by atoms with Crippen molar-refractivity contribution in [3.63, 3.8) is 0 Å². The van der Waals surface area contributed by atoms with Crippen LogP contribution in [-0.4, -0.2) is 24.8 Å². The Bertz CT molecular complexity index is 152. The second-order valence-electron chi connectivity index (χ2n) is 3.71. The van der Waals surface area contributed by atoms with Crippen LogP contribution in [0.3, 0.4) is 0 Å². The predicted molar refractivity (Wildman–Crippen MR) is 47.1 cm³/mol. The Morgan fingerprint density at radius 3 is 2.42 bits per heavy atom. The molecule has 72 valence electrons. The van der Waals surface area contributed by atoms with Crippen LogP contribution in [0.5, 0.6) is 0 Å². The minimum atomic E-state index is -0.744. The standard InChI is InChI=1S/C9H18O3/c1-7(5-6-12-4)9(2,3)8(10)11/h7H,5-6H2,1-4H3,(H,10,11). The number of ether oxygens (including phenoxy) is 1. The lowest BCUT2D eigenvalue weighted by Gasteiger charge is -2.26. The first-order valence-corrected chi connectivity index (χ1v) is 4.15. The second kappa shape index (κ2) is 4.45. The topological polar surface area (TPSA) is 46.5 Å². The maximum atomic E-state index is 10.8. The van der Waals surface area contributed by atoms with E-state index in [4.69, 9.17) is 9.84 Å². The Morgan fingerprint density at radius 2 is 2.08 bits per heavy atom. The van der Waals surface area contributed by atoms with Gasteiger partial charge < -0.3 is 9.84 Å². The van der Waals surface area contributed by atoms with E-state index < -0.39 is 11.4 Å². The SMILES string of the molecule is COCCC(C)C(C)(C)C(=O)O. The summed E-state index contributed by atoms with van der Waals surface area (Å²) < 4.78 is 4.89. The molecule has 0 aliphatic carbocycles. The van der Waals surface area contributed by atoms with Gasteiger partial charge in [-0.25, -0.2) is 0 Å². The molecule has 1 atom stereocenters. The van der Waals surface area contributed by atoms with Crippen LogP contribution in [0, 0.1) is 11.3 Å². The van der Waals surface area contributed by atoms with Gasteiger partial charge >= 0.3 is 5.97 Å². The highest BCUT2D eigenvalue weighted by atomic mass is 16.5. The molecule has 0 amide bonds. The van der Waals surface area contributed by atoms with Crippen LogP contribution < -0.4 is 0 Å². The van der Waals surface area contributed by atoms with E-state index >= 15 is 0 Å². The van der Waals surface area contributed by atoms with Crippen LogP contribution in [0.25, 0.3) is 0 Å². The van der Waals surface area contributed by atoms with E-state index in [0.29, 0.717) is 6.61 Å².